The lowest BCUT2D eigenvalue weighted by Crippen LogP contribution is -2.12. The lowest BCUT2D eigenvalue weighted by Gasteiger charge is -2.05. The van der Waals surface area contributed by atoms with Gasteiger partial charge in [-0.3, -0.25) is 9.78 Å². The molecule has 1 amide bonds. The van der Waals surface area contributed by atoms with Crippen LogP contribution in [0.3, 0.4) is 0 Å². The number of carbonyl (C=O) groups is 1. The molecule has 0 fully saturated rings. The molecule has 2 aromatic rings. The molecule has 0 aliphatic carbocycles. The second-order valence-corrected chi connectivity index (χ2v) is 3.90. The molecule has 0 saturated heterocycles. The third-order valence-electron chi connectivity index (χ3n) is 2.10. The minimum absolute atomic E-state index is 0.231. The number of carbonyl (C=O) groups excluding carboxylic acids is 1. The van der Waals surface area contributed by atoms with Gasteiger partial charge in [-0.1, -0.05) is 11.6 Å². The Hall–Kier alpha value is -1.94. The number of rotatable bonds is 2. The van der Waals surface area contributed by atoms with Gasteiger partial charge in [0.2, 0.25) is 0 Å². The van der Waals surface area contributed by atoms with Crippen molar-refractivity contribution in [2.75, 3.05) is 5.32 Å². The molecule has 0 aliphatic rings. The van der Waals surface area contributed by atoms with Crippen molar-refractivity contribution >= 4 is 23.2 Å². The van der Waals surface area contributed by atoms with Gasteiger partial charge in [-0.25, -0.2) is 4.98 Å². The van der Waals surface area contributed by atoms with Gasteiger partial charge in [0.25, 0.3) is 5.91 Å². The van der Waals surface area contributed by atoms with Crippen LogP contribution >= 0.6 is 11.6 Å². The Balaban J connectivity index is 2.20. The average molecular weight is 248 g/mol. The summed E-state index contributed by atoms with van der Waals surface area (Å²) in [6.45, 7) is 1.78. The maximum absolute atomic E-state index is 11.9. The molecule has 0 aliphatic heterocycles. The first-order chi connectivity index (χ1) is 8.15. The van der Waals surface area contributed by atoms with Gasteiger partial charge in [-0.05, 0) is 31.2 Å². The molecule has 4 nitrogen and oxygen atoms in total. The molecule has 1 N–H and O–H groups in total. The predicted octanol–water partition coefficient (Wildman–Crippen LogP) is 2.69. The molecular weight excluding hydrogens is 238 g/mol. The summed E-state index contributed by atoms with van der Waals surface area (Å²) in [7, 11) is 0. The smallest absolute Gasteiger partial charge is 0.255 e. The van der Waals surface area contributed by atoms with Crippen molar-refractivity contribution in [2.24, 2.45) is 0 Å². The van der Waals surface area contributed by atoms with E-state index in [1.165, 1.54) is 6.07 Å². The number of aryl methyl sites for hydroxylation is 1. The van der Waals surface area contributed by atoms with Crippen LogP contribution in [0.5, 0.6) is 0 Å². The number of aromatic nitrogens is 2. The lowest BCUT2D eigenvalue weighted by molar-refractivity contribution is 0.102. The number of amides is 1. The number of hydrogen-bond donors (Lipinski definition) is 1. The fourth-order valence-corrected chi connectivity index (χ4v) is 1.65. The van der Waals surface area contributed by atoms with E-state index in [-0.39, 0.29) is 5.91 Å². The summed E-state index contributed by atoms with van der Waals surface area (Å²) in [5.41, 5.74) is 1.82. The van der Waals surface area contributed by atoms with Crippen LogP contribution in [0.25, 0.3) is 0 Å². The Morgan fingerprint density at radius 1 is 1.41 bits per heavy atom. The fraction of sp³-hybridized carbons (Fsp3) is 0.0833. The summed E-state index contributed by atoms with van der Waals surface area (Å²) in [6, 6.07) is 6.72. The summed E-state index contributed by atoms with van der Waals surface area (Å²) >= 11 is 5.79. The van der Waals surface area contributed by atoms with Crippen molar-refractivity contribution in [1.29, 1.82) is 0 Å². The Labute approximate surface area is 104 Å². The van der Waals surface area contributed by atoms with Crippen LogP contribution in [0.15, 0.2) is 36.7 Å². The highest BCUT2D eigenvalue weighted by molar-refractivity contribution is 6.29. The van der Waals surface area contributed by atoms with Gasteiger partial charge < -0.3 is 5.32 Å². The zero-order valence-corrected chi connectivity index (χ0v) is 9.90. The normalized spacial score (nSPS) is 10.0. The van der Waals surface area contributed by atoms with Crippen molar-refractivity contribution in [2.45, 2.75) is 6.92 Å². The average Bonchev–Trinajstić information content (AvgIpc) is 2.29. The van der Waals surface area contributed by atoms with E-state index in [0.717, 1.165) is 0 Å². The molecule has 17 heavy (non-hydrogen) atoms. The molecule has 2 aromatic heterocycles. The van der Waals surface area contributed by atoms with Crippen LogP contribution in [0.4, 0.5) is 5.69 Å². The maximum atomic E-state index is 11.9. The van der Waals surface area contributed by atoms with E-state index >= 15 is 0 Å². The van der Waals surface area contributed by atoms with Crippen molar-refractivity contribution in [3.8, 4) is 0 Å². The van der Waals surface area contributed by atoms with E-state index in [1.807, 2.05) is 0 Å². The molecule has 0 atom stereocenters. The second-order valence-electron chi connectivity index (χ2n) is 3.52. The maximum Gasteiger partial charge on any atom is 0.255 e. The van der Waals surface area contributed by atoms with Crippen LogP contribution in [0.2, 0.25) is 5.15 Å². The molecule has 5 heteroatoms. The SMILES string of the molecule is Cc1cc(C(=O)Nc2cccnc2)cc(Cl)n1. The third-order valence-corrected chi connectivity index (χ3v) is 2.30. The highest BCUT2D eigenvalue weighted by atomic mass is 35.5. The van der Waals surface area contributed by atoms with E-state index in [1.54, 1.807) is 37.5 Å². The summed E-state index contributed by atoms with van der Waals surface area (Å²) < 4.78 is 0. The van der Waals surface area contributed by atoms with Crippen LogP contribution in [-0.2, 0) is 0 Å². The largest absolute Gasteiger partial charge is 0.321 e. The number of anilines is 1. The zero-order valence-electron chi connectivity index (χ0n) is 9.14. The molecule has 0 unspecified atom stereocenters. The Kier molecular flexibility index (Phi) is 3.35. The second kappa shape index (κ2) is 4.93. The quantitative estimate of drug-likeness (QED) is 0.830. The zero-order chi connectivity index (χ0) is 12.3. The van der Waals surface area contributed by atoms with E-state index in [2.05, 4.69) is 15.3 Å². The minimum atomic E-state index is -0.231. The molecule has 0 radical (unpaired) electrons. The van der Waals surface area contributed by atoms with Crippen molar-refractivity contribution in [3.63, 3.8) is 0 Å². The van der Waals surface area contributed by atoms with Crippen molar-refractivity contribution in [3.05, 3.63) is 53.1 Å². The number of nitrogens with zero attached hydrogens (tertiary/aromatic N) is 2. The van der Waals surface area contributed by atoms with E-state index < -0.39 is 0 Å². The summed E-state index contributed by atoms with van der Waals surface area (Å²) in [5, 5.41) is 3.03. The molecule has 2 heterocycles. The Morgan fingerprint density at radius 2 is 2.24 bits per heavy atom. The third kappa shape index (κ3) is 3.01. The van der Waals surface area contributed by atoms with Gasteiger partial charge in [-0.2, -0.15) is 0 Å². The first kappa shape index (κ1) is 11.5. The molecule has 0 aromatic carbocycles. The summed E-state index contributed by atoms with van der Waals surface area (Å²) in [6.07, 6.45) is 3.22. The van der Waals surface area contributed by atoms with Gasteiger partial charge in [0.05, 0.1) is 11.9 Å². The fourth-order valence-electron chi connectivity index (χ4n) is 1.40. The molecule has 2 rings (SSSR count). The highest BCUT2D eigenvalue weighted by Gasteiger charge is 2.08. The Morgan fingerprint density at radius 3 is 2.88 bits per heavy atom. The van der Waals surface area contributed by atoms with Gasteiger partial charge in [0, 0.05) is 17.5 Å². The first-order valence-electron chi connectivity index (χ1n) is 5.01. The first-order valence-corrected chi connectivity index (χ1v) is 5.38. The van der Waals surface area contributed by atoms with Crippen molar-refractivity contribution in [1.82, 2.24) is 9.97 Å². The molecule has 0 spiro atoms. The standard InChI is InChI=1S/C12H10ClN3O/c1-8-5-9(6-11(13)15-8)12(17)16-10-3-2-4-14-7-10/h2-7H,1H3,(H,16,17). The van der Waals surface area contributed by atoms with Crippen LogP contribution in [0, 0.1) is 6.92 Å². The van der Waals surface area contributed by atoms with Crippen LogP contribution in [0.1, 0.15) is 16.1 Å². The highest BCUT2D eigenvalue weighted by Crippen LogP contribution is 2.12. The van der Waals surface area contributed by atoms with Crippen LogP contribution < -0.4 is 5.32 Å². The topological polar surface area (TPSA) is 54.9 Å². The monoisotopic (exact) mass is 247 g/mol. The summed E-state index contributed by atoms with van der Waals surface area (Å²) in [4.78, 5) is 19.8. The number of pyridine rings is 2. The number of nitrogens with one attached hydrogen (secondary N) is 1. The molecule has 0 bridgehead atoms. The van der Waals surface area contributed by atoms with Gasteiger partial charge in [-0.15, -0.1) is 0 Å². The molecule has 0 saturated carbocycles. The van der Waals surface area contributed by atoms with Crippen LogP contribution in [-0.4, -0.2) is 15.9 Å². The lowest BCUT2D eigenvalue weighted by atomic mass is 10.2. The number of hydrogen-bond acceptors (Lipinski definition) is 3. The van der Waals surface area contributed by atoms with E-state index in [4.69, 9.17) is 11.6 Å². The predicted molar refractivity (Wildman–Crippen MR) is 66.2 cm³/mol. The van der Waals surface area contributed by atoms with Crippen molar-refractivity contribution < 1.29 is 4.79 Å². The van der Waals surface area contributed by atoms with Gasteiger partial charge in [0.1, 0.15) is 5.15 Å². The molecular formula is C12H10ClN3O. The van der Waals surface area contributed by atoms with Gasteiger partial charge >= 0.3 is 0 Å². The van der Waals surface area contributed by atoms with E-state index in [0.29, 0.717) is 22.1 Å². The minimum Gasteiger partial charge on any atom is -0.321 e. The van der Waals surface area contributed by atoms with Gasteiger partial charge in [0.15, 0.2) is 0 Å². The van der Waals surface area contributed by atoms with E-state index in [9.17, 15) is 4.79 Å². The Bertz CT molecular complexity index is 522. The summed E-state index contributed by atoms with van der Waals surface area (Å²) in [5.74, 6) is -0.231. The number of halogens is 1. The molecule has 86 valence electrons.